The number of carbonyl (C=O) groups excluding carboxylic acids is 2. The van der Waals surface area contributed by atoms with Crippen molar-refractivity contribution in [3.8, 4) is 0 Å². The minimum absolute atomic E-state index is 0. The molecule has 2 aliphatic rings. The summed E-state index contributed by atoms with van der Waals surface area (Å²) >= 11 is 1.56. The first kappa shape index (κ1) is 14.6. The lowest BCUT2D eigenvalue weighted by Crippen LogP contribution is -2.48. The maximum absolute atomic E-state index is 11.7. The van der Waals surface area contributed by atoms with Crippen LogP contribution in [0.25, 0.3) is 0 Å². The average molecular weight is 280 g/mol. The van der Waals surface area contributed by atoms with Crippen LogP contribution in [0.2, 0.25) is 0 Å². The highest BCUT2D eigenvalue weighted by atomic mass is 35.5. The van der Waals surface area contributed by atoms with Crippen molar-refractivity contribution in [2.45, 2.75) is 18.9 Å². The molecule has 2 saturated heterocycles. The molecule has 2 N–H and O–H groups in total. The van der Waals surface area contributed by atoms with Gasteiger partial charge in [0.15, 0.2) is 0 Å². The van der Waals surface area contributed by atoms with Crippen molar-refractivity contribution in [2.75, 3.05) is 31.3 Å². The SMILES string of the molecule is Cl.O=C(CN1CSCC1=O)NC1CCCNC1. The zero-order chi connectivity index (χ0) is 11.4. The van der Waals surface area contributed by atoms with Gasteiger partial charge in [0, 0.05) is 12.6 Å². The maximum Gasteiger partial charge on any atom is 0.239 e. The molecule has 0 aliphatic carbocycles. The summed E-state index contributed by atoms with van der Waals surface area (Å²) < 4.78 is 0. The van der Waals surface area contributed by atoms with Gasteiger partial charge in [-0.15, -0.1) is 24.2 Å². The summed E-state index contributed by atoms with van der Waals surface area (Å²) in [5, 5.41) is 6.20. The summed E-state index contributed by atoms with van der Waals surface area (Å²) in [6.45, 7) is 2.09. The Balaban J connectivity index is 0.00000144. The summed E-state index contributed by atoms with van der Waals surface area (Å²) in [5.74, 6) is 1.19. The predicted molar refractivity (Wildman–Crippen MR) is 70.3 cm³/mol. The third-order valence-corrected chi connectivity index (χ3v) is 3.77. The van der Waals surface area contributed by atoms with Crippen LogP contribution in [0.15, 0.2) is 0 Å². The van der Waals surface area contributed by atoms with Crippen molar-refractivity contribution in [1.29, 1.82) is 0 Å². The number of rotatable bonds is 3. The summed E-state index contributed by atoms with van der Waals surface area (Å²) in [5.41, 5.74) is 0. The molecule has 2 rings (SSSR count). The Labute approximate surface area is 111 Å². The van der Waals surface area contributed by atoms with Gasteiger partial charge in [-0.2, -0.15) is 0 Å². The van der Waals surface area contributed by atoms with Gasteiger partial charge in [0.25, 0.3) is 0 Å². The van der Waals surface area contributed by atoms with Gasteiger partial charge in [-0.1, -0.05) is 0 Å². The van der Waals surface area contributed by atoms with Gasteiger partial charge in [-0.25, -0.2) is 0 Å². The van der Waals surface area contributed by atoms with Crippen molar-refractivity contribution in [3.63, 3.8) is 0 Å². The average Bonchev–Trinajstić information content (AvgIpc) is 2.66. The second kappa shape index (κ2) is 7.08. The smallest absolute Gasteiger partial charge is 0.239 e. The Morgan fingerprint density at radius 2 is 2.41 bits per heavy atom. The van der Waals surface area contributed by atoms with E-state index in [1.54, 1.807) is 16.7 Å². The van der Waals surface area contributed by atoms with Crippen LogP contribution in [0.1, 0.15) is 12.8 Å². The Kier molecular flexibility index (Phi) is 6.08. The van der Waals surface area contributed by atoms with Gasteiger partial charge in [0.05, 0.1) is 11.6 Å². The number of carbonyl (C=O) groups is 2. The molecule has 0 aromatic rings. The van der Waals surface area contributed by atoms with E-state index in [1.165, 1.54) is 0 Å². The van der Waals surface area contributed by atoms with Crippen molar-refractivity contribution in [3.05, 3.63) is 0 Å². The first-order valence-corrected chi connectivity index (χ1v) is 6.77. The van der Waals surface area contributed by atoms with Crippen molar-refractivity contribution < 1.29 is 9.59 Å². The van der Waals surface area contributed by atoms with E-state index >= 15 is 0 Å². The number of piperidine rings is 1. The molecular weight excluding hydrogens is 262 g/mol. The number of nitrogens with one attached hydrogen (secondary N) is 2. The minimum Gasteiger partial charge on any atom is -0.351 e. The predicted octanol–water partition coefficient (Wildman–Crippen LogP) is -0.191. The minimum atomic E-state index is -0.0375. The second-order valence-electron chi connectivity index (χ2n) is 4.18. The number of halogens is 1. The number of hydrogen-bond acceptors (Lipinski definition) is 4. The van der Waals surface area contributed by atoms with Crippen molar-refractivity contribution in [2.24, 2.45) is 0 Å². The van der Waals surface area contributed by atoms with E-state index in [2.05, 4.69) is 10.6 Å². The molecule has 0 saturated carbocycles. The van der Waals surface area contributed by atoms with Crippen LogP contribution in [-0.2, 0) is 9.59 Å². The van der Waals surface area contributed by atoms with Crippen LogP contribution in [0.3, 0.4) is 0 Å². The lowest BCUT2D eigenvalue weighted by atomic mass is 10.1. The Morgan fingerprint density at radius 3 is 3.00 bits per heavy atom. The molecule has 98 valence electrons. The van der Waals surface area contributed by atoms with E-state index < -0.39 is 0 Å². The molecule has 0 spiro atoms. The van der Waals surface area contributed by atoms with Gasteiger partial charge >= 0.3 is 0 Å². The number of nitrogens with zero attached hydrogens (tertiary/aromatic N) is 1. The van der Waals surface area contributed by atoms with Gasteiger partial charge in [-0.3, -0.25) is 9.59 Å². The van der Waals surface area contributed by atoms with Crippen LogP contribution in [-0.4, -0.2) is 54.0 Å². The van der Waals surface area contributed by atoms with Gasteiger partial charge in [0.1, 0.15) is 6.54 Å². The van der Waals surface area contributed by atoms with Crippen LogP contribution < -0.4 is 10.6 Å². The first-order valence-electron chi connectivity index (χ1n) is 5.61. The highest BCUT2D eigenvalue weighted by Gasteiger charge is 2.24. The van der Waals surface area contributed by atoms with Crippen LogP contribution in [0.4, 0.5) is 0 Å². The molecule has 5 nitrogen and oxygen atoms in total. The van der Waals surface area contributed by atoms with Gasteiger partial charge in [0.2, 0.25) is 11.8 Å². The molecule has 1 atom stereocenters. The van der Waals surface area contributed by atoms with Crippen molar-refractivity contribution >= 4 is 36.0 Å². The molecule has 0 aromatic heterocycles. The van der Waals surface area contributed by atoms with Crippen LogP contribution in [0.5, 0.6) is 0 Å². The zero-order valence-corrected chi connectivity index (χ0v) is 11.2. The fraction of sp³-hybridized carbons (Fsp3) is 0.800. The quantitative estimate of drug-likeness (QED) is 0.752. The standard InChI is InChI=1S/C10H17N3O2S.ClH/c14-9(5-13-7-16-6-10(13)15)12-8-2-1-3-11-4-8;/h8,11H,1-7H2,(H,12,14);1H. The summed E-state index contributed by atoms with van der Waals surface area (Å²) in [6, 6.07) is 0.228. The Morgan fingerprint density at radius 1 is 1.59 bits per heavy atom. The molecule has 0 aromatic carbocycles. The van der Waals surface area contributed by atoms with E-state index in [-0.39, 0.29) is 36.8 Å². The summed E-state index contributed by atoms with van der Waals surface area (Å²) in [7, 11) is 0. The Bertz CT molecular complexity index is 285. The number of thioether (sulfide) groups is 1. The normalized spacial score (nSPS) is 24.4. The first-order chi connectivity index (χ1) is 7.75. The van der Waals surface area contributed by atoms with Gasteiger partial charge < -0.3 is 15.5 Å². The van der Waals surface area contributed by atoms with Crippen LogP contribution >= 0.6 is 24.2 Å². The van der Waals surface area contributed by atoms with Crippen molar-refractivity contribution in [1.82, 2.24) is 15.5 Å². The fourth-order valence-electron chi connectivity index (χ4n) is 1.96. The van der Waals surface area contributed by atoms with E-state index in [1.807, 2.05) is 0 Å². The summed E-state index contributed by atoms with van der Waals surface area (Å²) in [6.07, 6.45) is 2.13. The second-order valence-corrected chi connectivity index (χ2v) is 5.14. The molecule has 1 unspecified atom stereocenters. The topological polar surface area (TPSA) is 61.4 Å². The molecule has 2 fully saturated rings. The molecule has 2 aliphatic heterocycles. The molecule has 2 amide bonds. The number of amides is 2. The molecule has 17 heavy (non-hydrogen) atoms. The fourth-order valence-corrected chi connectivity index (χ4v) is 2.87. The highest BCUT2D eigenvalue weighted by Crippen LogP contribution is 2.14. The highest BCUT2D eigenvalue weighted by molar-refractivity contribution is 8.00. The molecule has 0 bridgehead atoms. The third-order valence-electron chi connectivity index (χ3n) is 2.82. The molecule has 7 heteroatoms. The zero-order valence-electron chi connectivity index (χ0n) is 9.61. The van der Waals surface area contributed by atoms with E-state index in [0.717, 1.165) is 25.9 Å². The van der Waals surface area contributed by atoms with E-state index in [0.29, 0.717) is 11.6 Å². The Hall–Kier alpha value is -0.460. The van der Waals surface area contributed by atoms with E-state index in [4.69, 9.17) is 0 Å². The maximum atomic E-state index is 11.7. The lowest BCUT2D eigenvalue weighted by molar-refractivity contribution is -0.132. The molecule has 0 radical (unpaired) electrons. The summed E-state index contributed by atoms with van der Waals surface area (Å²) in [4.78, 5) is 24.6. The lowest BCUT2D eigenvalue weighted by Gasteiger charge is -2.24. The number of hydrogen-bond donors (Lipinski definition) is 2. The van der Waals surface area contributed by atoms with E-state index in [9.17, 15) is 9.59 Å². The third kappa shape index (κ3) is 4.37. The van der Waals surface area contributed by atoms with Crippen LogP contribution in [0, 0.1) is 0 Å². The monoisotopic (exact) mass is 279 g/mol. The van der Waals surface area contributed by atoms with Gasteiger partial charge in [-0.05, 0) is 19.4 Å². The largest absolute Gasteiger partial charge is 0.351 e. The molecular formula is C10H18ClN3O2S. The molecule has 2 heterocycles.